The molecular weight excluding hydrogens is 373 g/mol. The lowest BCUT2D eigenvalue weighted by Crippen LogP contribution is -2.15. The summed E-state index contributed by atoms with van der Waals surface area (Å²) in [5, 5.41) is 3.61. The SMILES string of the molecule is Cc1c(Br)cc(C(=O)Nc2c(Cl)cccc2Cl)c(C)c1C. The summed E-state index contributed by atoms with van der Waals surface area (Å²) in [5.74, 6) is -0.230. The first-order valence-corrected chi connectivity index (χ1v) is 7.89. The van der Waals surface area contributed by atoms with E-state index in [0.29, 0.717) is 21.3 Å². The normalized spacial score (nSPS) is 10.6. The molecule has 0 saturated heterocycles. The standard InChI is InChI=1S/C16H14BrCl2NO/c1-8-9(2)11(7-12(17)10(8)3)16(21)20-15-13(18)5-4-6-14(15)19/h4-7H,1-3H3,(H,20,21). The maximum Gasteiger partial charge on any atom is 0.256 e. The zero-order valence-corrected chi connectivity index (χ0v) is 14.9. The van der Waals surface area contributed by atoms with Gasteiger partial charge in [0.2, 0.25) is 0 Å². The van der Waals surface area contributed by atoms with Gasteiger partial charge in [0.1, 0.15) is 0 Å². The minimum absolute atomic E-state index is 0.230. The van der Waals surface area contributed by atoms with E-state index in [1.54, 1.807) is 18.2 Å². The Balaban J connectivity index is 2.42. The molecule has 0 aliphatic rings. The Morgan fingerprint density at radius 1 is 1.05 bits per heavy atom. The number of nitrogens with one attached hydrogen (secondary N) is 1. The minimum Gasteiger partial charge on any atom is -0.319 e. The van der Waals surface area contributed by atoms with Crippen molar-refractivity contribution in [2.45, 2.75) is 20.8 Å². The third-order valence-electron chi connectivity index (χ3n) is 3.60. The maximum atomic E-state index is 12.5. The maximum absolute atomic E-state index is 12.5. The summed E-state index contributed by atoms with van der Waals surface area (Å²) in [7, 11) is 0. The van der Waals surface area contributed by atoms with E-state index in [1.165, 1.54) is 0 Å². The summed E-state index contributed by atoms with van der Waals surface area (Å²) in [5.41, 5.74) is 4.18. The average molecular weight is 387 g/mol. The van der Waals surface area contributed by atoms with E-state index in [1.807, 2.05) is 26.8 Å². The average Bonchev–Trinajstić information content (AvgIpc) is 2.44. The third kappa shape index (κ3) is 3.25. The molecular formula is C16H14BrCl2NO. The van der Waals surface area contributed by atoms with Crippen molar-refractivity contribution in [3.63, 3.8) is 0 Å². The molecule has 21 heavy (non-hydrogen) atoms. The van der Waals surface area contributed by atoms with E-state index in [2.05, 4.69) is 21.2 Å². The molecule has 110 valence electrons. The molecule has 0 aliphatic carbocycles. The minimum atomic E-state index is -0.230. The highest BCUT2D eigenvalue weighted by Crippen LogP contribution is 2.31. The topological polar surface area (TPSA) is 29.1 Å². The number of amides is 1. The first-order valence-electron chi connectivity index (χ1n) is 6.34. The van der Waals surface area contributed by atoms with Crippen LogP contribution < -0.4 is 5.32 Å². The van der Waals surface area contributed by atoms with Gasteiger partial charge in [0.05, 0.1) is 15.7 Å². The molecule has 0 saturated carbocycles. The van der Waals surface area contributed by atoms with Gasteiger partial charge in [0, 0.05) is 10.0 Å². The van der Waals surface area contributed by atoms with Gasteiger partial charge in [0.25, 0.3) is 5.91 Å². The highest BCUT2D eigenvalue weighted by Gasteiger charge is 2.16. The van der Waals surface area contributed by atoms with Crippen molar-refractivity contribution in [2.75, 3.05) is 5.32 Å². The fourth-order valence-electron chi connectivity index (χ4n) is 2.04. The molecule has 0 heterocycles. The Labute approximate surface area is 142 Å². The first kappa shape index (κ1) is 16.3. The van der Waals surface area contributed by atoms with Gasteiger partial charge in [-0.1, -0.05) is 45.2 Å². The highest BCUT2D eigenvalue weighted by atomic mass is 79.9. The second-order valence-electron chi connectivity index (χ2n) is 4.83. The van der Waals surface area contributed by atoms with Gasteiger partial charge in [-0.15, -0.1) is 0 Å². The highest BCUT2D eigenvalue weighted by molar-refractivity contribution is 9.10. The Bertz CT molecular complexity index is 708. The van der Waals surface area contributed by atoms with Crippen LogP contribution in [0.1, 0.15) is 27.0 Å². The molecule has 5 heteroatoms. The summed E-state index contributed by atoms with van der Waals surface area (Å²) >= 11 is 15.6. The molecule has 1 amide bonds. The molecule has 0 bridgehead atoms. The van der Waals surface area contributed by atoms with E-state index in [9.17, 15) is 4.79 Å². The van der Waals surface area contributed by atoms with Crippen LogP contribution in [0, 0.1) is 20.8 Å². The molecule has 0 atom stereocenters. The van der Waals surface area contributed by atoms with Crippen LogP contribution in [-0.4, -0.2) is 5.91 Å². The van der Waals surface area contributed by atoms with Crippen molar-refractivity contribution in [3.05, 3.63) is 61.0 Å². The van der Waals surface area contributed by atoms with E-state index >= 15 is 0 Å². The lowest BCUT2D eigenvalue weighted by atomic mass is 9.98. The van der Waals surface area contributed by atoms with E-state index in [0.717, 1.165) is 21.2 Å². The molecule has 0 fully saturated rings. The third-order valence-corrected chi connectivity index (χ3v) is 5.06. The van der Waals surface area contributed by atoms with Gasteiger partial charge in [-0.3, -0.25) is 4.79 Å². The second-order valence-corrected chi connectivity index (χ2v) is 6.50. The molecule has 2 nitrogen and oxygen atoms in total. The van der Waals surface area contributed by atoms with Crippen LogP contribution in [0.5, 0.6) is 0 Å². The summed E-state index contributed by atoms with van der Waals surface area (Å²) in [6, 6.07) is 6.92. The number of carbonyl (C=O) groups is 1. The molecule has 0 aromatic heterocycles. The van der Waals surface area contributed by atoms with Crippen LogP contribution in [0.2, 0.25) is 10.0 Å². The molecule has 2 rings (SSSR count). The number of hydrogen-bond acceptors (Lipinski definition) is 1. The molecule has 1 N–H and O–H groups in total. The number of benzene rings is 2. The predicted molar refractivity (Wildman–Crippen MR) is 92.8 cm³/mol. The summed E-state index contributed by atoms with van der Waals surface area (Å²) < 4.78 is 0.904. The molecule has 0 radical (unpaired) electrons. The van der Waals surface area contributed by atoms with Gasteiger partial charge in [-0.25, -0.2) is 0 Å². The number of halogens is 3. The predicted octanol–water partition coefficient (Wildman–Crippen LogP) is 5.93. The Kier molecular flexibility index (Phi) is 4.97. The second kappa shape index (κ2) is 6.39. The molecule has 0 spiro atoms. The van der Waals surface area contributed by atoms with Crippen LogP contribution in [0.15, 0.2) is 28.7 Å². The molecule has 0 aliphatic heterocycles. The van der Waals surface area contributed by atoms with Crippen molar-refractivity contribution in [3.8, 4) is 0 Å². The van der Waals surface area contributed by atoms with Crippen LogP contribution in [0.3, 0.4) is 0 Å². The van der Waals surface area contributed by atoms with Gasteiger partial charge < -0.3 is 5.32 Å². The van der Waals surface area contributed by atoms with E-state index < -0.39 is 0 Å². The number of hydrogen-bond donors (Lipinski definition) is 1. The van der Waals surface area contributed by atoms with Crippen molar-refractivity contribution in [1.82, 2.24) is 0 Å². The Morgan fingerprint density at radius 2 is 1.62 bits per heavy atom. The zero-order chi connectivity index (χ0) is 15.7. The molecule has 0 unspecified atom stereocenters. The fraction of sp³-hybridized carbons (Fsp3) is 0.188. The monoisotopic (exact) mass is 385 g/mol. The molecule has 2 aromatic rings. The fourth-order valence-corrected chi connectivity index (χ4v) is 3.06. The van der Waals surface area contributed by atoms with Crippen molar-refractivity contribution < 1.29 is 4.79 Å². The van der Waals surface area contributed by atoms with Crippen molar-refractivity contribution in [2.24, 2.45) is 0 Å². The Hall–Kier alpha value is -1.03. The number of rotatable bonds is 2. The molecule has 2 aromatic carbocycles. The van der Waals surface area contributed by atoms with Crippen LogP contribution >= 0.6 is 39.1 Å². The lowest BCUT2D eigenvalue weighted by molar-refractivity contribution is 0.102. The first-order chi connectivity index (χ1) is 9.82. The van der Waals surface area contributed by atoms with Crippen LogP contribution in [0.4, 0.5) is 5.69 Å². The van der Waals surface area contributed by atoms with Crippen molar-refractivity contribution in [1.29, 1.82) is 0 Å². The summed E-state index contributed by atoms with van der Waals surface area (Å²) in [4.78, 5) is 12.5. The quantitative estimate of drug-likeness (QED) is 0.680. The largest absolute Gasteiger partial charge is 0.319 e. The Morgan fingerprint density at radius 3 is 2.19 bits per heavy atom. The summed E-state index contributed by atoms with van der Waals surface area (Å²) in [6.45, 7) is 5.94. The lowest BCUT2D eigenvalue weighted by Gasteiger charge is -2.14. The zero-order valence-electron chi connectivity index (χ0n) is 11.9. The van der Waals surface area contributed by atoms with Crippen molar-refractivity contribution >= 4 is 50.7 Å². The number of para-hydroxylation sites is 1. The van der Waals surface area contributed by atoms with Gasteiger partial charge in [0.15, 0.2) is 0 Å². The number of carbonyl (C=O) groups excluding carboxylic acids is 1. The van der Waals surface area contributed by atoms with Gasteiger partial charge in [-0.2, -0.15) is 0 Å². The number of anilines is 1. The van der Waals surface area contributed by atoms with Crippen LogP contribution in [0.25, 0.3) is 0 Å². The van der Waals surface area contributed by atoms with E-state index in [4.69, 9.17) is 23.2 Å². The smallest absolute Gasteiger partial charge is 0.256 e. The van der Waals surface area contributed by atoms with Gasteiger partial charge >= 0.3 is 0 Å². The van der Waals surface area contributed by atoms with E-state index in [-0.39, 0.29) is 5.91 Å². The van der Waals surface area contributed by atoms with Gasteiger partial charge in [-0.05, 0) is 55.7 Å². The summed E-state index contributed by atoms with van der Waals surface area (Å²) in [6.07, 6.45) is 0. The van der Waals surface area contributed by atoms with Crippen LogP contribution in [-0.2, 0) is 0 Å².